The molecule has 0 aliphatic carbocycles. The lowest BCUT2D eigenvalue weighted by molar-refractivity contribution is 0.248. The zero-order valence-corrected chi connectivity index (χ0v) is 11.6. The van der Waals surface area contributed by atoms with Crippen LogP contribution in [-0.4, -0.2) is 13.2 Å². The molecule has 0 unspecified atom stereocenters. The second-order valence-electron chi connectivity index (χ2n) is 4.16. The van der Waals surface area contributed by atoms with E-state index in [1.165, 1.54) is 18.2 Å². The summed E-state index contributed by atoms with van der Waals surface area (Å²) >= 11 is 5.85. The smallest absolute Gasteiger partial charge is 0.142 e. The van der Waals surface area contributed by atoms with Crippen LogP contribution in [0.4, 0.5) is 10.1 Å². The normalized spacial score (nSPS) is 10.3. The van der Waals surface area contributed by atoms with Crippen LogP contribution in [0.2, 0.25) is 5.02 Å². The van der Waals surface area contributed by atoms with Crippen molar-refractivity contribution >= 4 is 17.3 Å². The lowest BCUT2D eigenvalue weighted by Gasteiger charge is -2.10. The van der Waals surface area contributed by atoms with E-state index < -0.39 is 0 Å². The van der Waals surface area contributed by atoms with Crippen LogP contribution in [0.15, 0.2) is 42.5 Å². The number of hydrogen-bond donors (Lipinski definition) is 1. The number of nitrogens with two attached hydrogens (primary N) is 1. The van der Waals surface area contributed by atoms with Gasteiger partial charge in [0.2, 0.25) is 0 Å². The summed E-state index contributed by atoms with van der Waals surface area (Å²) in [5, 5.41) is 0.262. The summed E-state index contributed by atoms with van der Waals surface area (Å²) in [6, 6.07) is 11.3. The van der Waals surface area contributed by atoms with Crippen LogP contribution >= 0.6 is 11.6 Å². The van der Waals surface area contributed by atoms with Gasteiger partial charge in [-0.25, -0.2) is 4.39 Å². The van der Waals surface area contributed by atoms with Gasteiger partial charge in [0.25, 0.3) is 0 Å². The average Bonchev–Trinajstić information content (AvgIpc) is 2.42. The van der Waals surface area contributed by atoms with E-state index in [1.807, 2.05) is 18.2 Å². The quantitative estimate of drug-likeness (QED) is 0.649. The fourth-order valence-corrected chi connectivity index (χ4v) is 1.85. The van der Waals surface area contributed by atoms with Gasteiger partial charge in [0.1, 0.15) is 17.3 Å². The van der Waals surface area contributed by atoms with E-state index in [-0.39, 0.29) is 10.8 Å². The van der Waals surface area contributed by atoms with E-state index in [9.17, 15) is 4.39 Å². The first-order chi connectivity index (χ1) is 9.66. The van der Waals surface area contributed by atoms with E-state index in [0.29, 0.717) is 36.8 Å². The van der Waals surface area contributed by atoms with Crippen molar-refractivity contribution in [2.75, 3.05) is 18.9 Å². The van der Waals surface area contributed by atoms with E-state index in [1.54, 1.807) is 6.07 Å². The summed E-state index contributed by atoms with van der Waals surface area (Å²) < 4.78 is 23.8. The summed E-state index contributed by atoms with van der Waals surface area (Å²) in [5.41, 5.74) is 6.36. The SMILES string of the molecule is Nc1ccccc1OCCCOc1ccc(F)cc1Cl. The van der Waals surface area contributed by atoms with Crippen LogP contribution in [0.3, 0.4) is 0 Å². The Morgan fingerprint density at radius 3 is 2.40 bits per heavy atom. The molecule has 0 saturated carbocycles. The second-order valence-corrected chi connectivity index (χ2v) is 4.57. The number of benzene rings is 2. The molecule has 0 bridgehead atoms. The van der Waals surface area contributed by atoms with Gasteiger partial charge in [-0.1, -0.05) is 23.7 Å². The number of rotatable bonds is 6. The lowest BCUT2D eigenvalue weighted by atomic mass is 10.3. The van der Waals surface area contributed by atoms with Gasteiger partial charge in [-0.15, -0.1) is 0 Å². The first-order valence-electron chi connectivity index (χ1n) is 6.22. The van der Waals surface area contributed by atoms with Gasteiger partial charge in [0, 0.05) is 6.42 Å². The molecule has 2 rings (SSSR count). The molecule has 0 aliphatic heterocycles. The Bertz CT molecular complexity index is 578. The van der Waals surface area contributed by atoms with Crippen LogP contribution in [0, 0.1) is 5.82 Å². The highest BCUT2D eigenvalue weighted by atomic mass is 35.5. The summed E-state index contributed by atoms with van der Waals surface area (Å²) in [4.78, 5) is 0. The highest BCUT2D eigenvalue weighted by Gasteiger charge is 2.03. The number of hydrogen-bond acceptors (Lipinski definition) is 3. The Labute approximate surface area is 122 Å². The fourth-order valence-electron chi connectivity index (χ4n) is 1.63. The predicted molar refractivity (Wildman–Crippen MR) is 77.9 cm³/mol. The molecule has 20 heavy (non-hydrogen) atoms. The minimum Gasteiger partial charge on any atom is -0.492 e. The van der Waals surface area contributed by atoms with E-state index >= 15 is 0 Å². The second kappa shape index (κ2) is 7.01. The topological polar surface area (TPSA) is 44.5 Å². The number of anilines is 1. The van der Waals surface area contributed by atoms with Crippen LogP contribution in [0.1, 0.15) is 6.42 Å². The summed E-state index contributed by atoms with van der Waals surface area (Å²) in [6.45, 7) is 0.908. The van der Waals surface area contributed by atoms with Gasteiger partial charge in [-0.2, -0.15) is 0 Å². The molecule has 5 heteroatoms. The monoisotopic (exact) mass is 295 g/mol. The minimum atomic E-state index is -0.384. The molecule has 3 nitrogen and oxygen atoms in total. The molecule has 0 spiro atoms. The highest BCUT2D eigenvalue weighted by molar-refractivity contribution is 6.32. The first-order valence-corrected chi connectivity index (χ1v) is 6.60. The van der Waals surface area contributed by atoms with E-state index in [4.69, 9.17) is 26.8 Å². The van der Waals surface area contributed by atoms with Crippen LogP contribution in [0.5, 0.6) is 11.5 Å². The van der Waals surface area contributed by atoms with Crippen molar-refractivity contribution < 1.29 is 13.9 Å². The number of ether oxygens (including phenoxy) is 2. The van der Waals surface area contributed by atoms with Crippen molar-refractivity contribution in [2.45, 2.75) is 6.42 Å². The van der Waals surface area contributed by atoms with Gasteiger partial charge >= 0.3 is 0 Å². The molecule has 0 heterocycles. The molecule has 0 atom stereocenters. The molecule has 0 aromatic heterocycles. The van der Waals surface area contributed by atoms with Gasteiger partial charge in [-0.05, 0) is 30.3 Å². The minimum absolute atomic E-state index is 0.262. The third kappa shape index (κ3) is 4.03. The number of nitrogen functional groups attached to an aromatic ring is 1. The Balaban J connectivity index is 1.73. The predicted octanol–water partition coefficient (Wildman–Crippen LogP) is 3.91. The molecule has 0 amide bonds. The molecule has 2 aromatic carbocycles. The van der Waals surface area contributed by atoms with E-state index in [0.717, 1.165) is 0 Å². The summed E-state index contributed by atoms with van der Waals surface area (Å²) in [6.07, 6.45) is 0.669. The van der Waals surface area contributed by atoms with Gasteiger partial charge in [0.05, 0.1) is 23.9 Å². The van der Waals surface area contributed by atoms with Crippen molar-refractivity contribution in [1.82, 2.24) is 0 Å². The zero-order valence-electron chi connectivity index (χ0n) is 10.8. The largest absolute Gasteiger partial charge is 0.492 e. The maximum atomic E-state index is 12.8. The van der Waals surface area contributed by atoms with Crippen LogP contribution < -0.4 is 15.2 Å². The molecular weight excluding hydrogens is 281 g/mol. The first kappa shape index (κ1) is 14.5. The average molecular weight is 296 g/mol. The lowest BCUT2D eigenvalue weighted by Crippen LogP contribution is -2.06. The van der Waals surface area contributed by atoms with Crippen molar-refractivity contribution in [3.8, 4) is 11.5 Å². The van der Waals surface area contributed by atoms with E-state index in [2.05, 4.69) is 0 Å². The molecule has 0 aliphatic rings. The number of para-hydroxylation sites is 2. The molecule has 2 N–H and O–H groups in total. The van der Waals surface area contributed by atoms with Crippen molar-refractivity contribution in [2.24, 2.45) is 0 Å². The zero-order chi connectivity index (χ0) is 14.4. The maximum absolute atomic E-state index is 12.8. The highest BCUT2D eigenvalue weighted by Crippen LogP contribution is 2.25. The fraction of sp³-hybridized carbons (Fsp3) is 0.200. The molecule has 0 saturated heterocycles. The van der Waals surface area contributed by atoms with Crippen molar-refractivity contribution in [1.29, 1.82) is 0 Å². The maximum Gasteiger partial charge on any atom is 0.142 e. The van der Waals surface area contributed by atoms with Crippen LogP contribution in [0.25, 0.3) is 0 Å². The van der Waals surface area contributed by atoms with Gasteiger partial charge < -0.3 is 15.2 Å². The Morgan fingerprint density at radius 1 is 1.00 bits per heavy atom. The van der Waals surface area contributed by atoms with Crippen molar-refractivity contribution in [3.05, 3.63) is 53.3 Å². The van der Waals surface area contributed by atoms with Gasteiger partial charge in [0.15, 0.2) is 0 Å². The third-order valence-electron chi connectivity index (χ3n) is 2.62. The Kier molecular flexibility index (Phi) is 5.07. The van der Waals surface area contributed by atoms with Crippen molar-refractivity contribution in [3.63, 3.8) is 0 Å². The van der Waals surface area contributed by atoms with Gasteiger partial charge in [-0.3, -0.25) is 0 Å². The molecule has 106 valence electrons. The molecule has 0 radical (unpaired) electrons. The third-order valence-corrected chi connectivity index (χ3v) is 2.91. The Morgan fingerprint density at radius 2 is 1.70 bits per heavy atom. The Hall–Kier alpha value is -1.94. The molecular formula is C15H15ClFNO2. The summed E-state index contributed by atoms with van der Waals surface area (Å²) in [7, 11) is 0. The summed E-state index contributed by atoms with van der Waals surface area (Å²) in [5.74, 6) is 0.741. The molecule has 0 fully saturated rings. The standard InChI is InChI=1S/C15H15ClFNO2/c16-12-10-11(17)6-7-14(12)19-8-3-9-20-15-5-2-1-4-13(15)18/h1-2,4-7,10H,3,8-9,18H2. The van der Waals surface area contributed by atoms with Crippen LogP contribution in [-0.2, 0) is 0 Å². The number of halogens is 2. The molecule has 2 aromatic rings.